The van der Waals surface area contributed by atoms with E-state index in [1.165, 1.54) is 4.90 Å². The molecule has 4 rings (SSSR count). The molecule has 1 unspecified atom stereocenters. The molecule has 0 aliphatic carbocycles. The number of hydrogen-bond donors (Lipinski definition) is 2. The predicted octanol–water partition coefficient (Wildman–Crippen LogP) is 2.97. The van der Waals surface area contributed by atoms with Crippen LogP contribution in [0.3, 0.4) is 0 Å². The number of fused-ring (bicyclic) bond motifs is 1. The first-order chi connectivity index (χ1) is 20.4. The van der Waals surface area contributed by atoms with Crippen molar-refractivity contribution in [2.45, 2.75) is 81.7 Å². The zero-order valence-corrected chi connectivity index (χ0v) is 26.8. The third-order valence-corrected chi connectivity index (χ3v) is 9.53. The van der Waals surface area contributed by atoms with Gasteiger partial charge in [-0.25, -0.2) is 0 Å². The number of nitrogens with one attached hydrogen (secondary N) is 1. The maximum absolute atomic E-state index is 14.6. The van der Waals surface area contributed by atoms with Crippen LogP contribution in [0.25, 0.3) is 0 Å². The molecule has 1 aromatic rings. The number of alkyl halides is 1. The summed E-state index contributed by atoms with van der Waals surface area (Å²) >= 11 is 3.66. The molecule has 3 aliphatic heterocycles. The summed E-state index contributed by atoms with van der Waals surface area (Å²) in [5.74, 6) is -3.53. The van der Waals surface area contributed by atoms with Gasteiger partial charge in [0.25, 0.3) is 5.91 Å². The van der Waals surface area contributed by atoms with E-state index >= 15 is 0 Å². The largest absolute Gasteiger partial charge is 0.460 e. The molecule has 43 heavy (non-hydrogen) atoms. The molecule has 0 saturated carbocycles. The highest BCUT2D eigenvalue weighted by Crippen LogP contribution is 2.60. The molecule has 2 N–H and O–H groups in total. The van der Waals surface area contributed by atoms with Gasteiger partial charge in [-0.05, 0) is 57.7 Å². The van der Waals surface area contributed by atoms with Gasteiger partial charge >= 0.3 is 5.97 Å². The second-order valence-corrected chi connectivity index (χ2v) is 13.0. The van der Waals surface area contributed by atoms with Gasteiger partial charge < -0.3 is 29.7 Å². The molecule has 3 saturated heterocycles. The van der Waals surface area contributed by atoms with E-state index in [4.69, 9.17) is 9.47 Å². The molecule has 1 spiro atoms. The maximum atomic E-state index is 14.6. The number of carbonyl (C=O) groups excluding carboxylic acids is 4. The number of ether oxygens (including phenoxy) is 2. The van der Waals surface area contributed by atoms with Crippen molar-refractivity contribution in [1.82, 2.24) is 10.2 Å². The summed E-state index contributed by atoms with van der Waals surface area (Å²) in [6.45, 7) is 14.6. The molecule has 0 aromatic heterocycles. The van der Waals surface area contributed by atoms with Crippen molar-refractivity contribution in [1.29, 1.82) is 0 Å². The van der Waals surface area contributed by atoms with Crippen LogP contribution in [0.2, 0.25) is 0 Å². The Hall–Kier alpha value is -3.02. The summed E-state index contributed by atoms with van der Waals surface area (Å²) in [7, 11) is 0. The average Bonchev–Trinajstić information content (AvgIpc) is 3.57. The number of esters is 1. The number of aliphatic hydroxyl groups excluding tert-OH is 1. The predicted molar refractivity (Wildman–Crippen MR) is 166 cm³/mol. The number of rotatable bonds is 13. The zero-order valence-electron chi connectivity index (χ0n) is 25.3. The summed E-state index contributed by atoms with van der Waals surface area (Å²) in [5, 5.41) is 12.9. The van der Waals surface area contributed by atoms with Gasteiger partial charge in [-0.3, -0.25) is 19.2 Å². The number of anilines is 1. The Kier molecular flexibility index (Phi) is 10.2. The standard InChI is InChI=1S/C32H42BrN3O7/c1-7-9-10-24(38)34-16-21(6)42-31(41)25-26-29(39)36(20(5)17-37)28(32(26)15-22(33)27(25)43-32)30(40)35(13-8-2)23-14-18(3)11-12-19(23)4/h7-8,11-12,14,20-22,25-28,37H,1-2,9-10,13,15-17H2,3-6H3,(H,34,38)/t20-,21+,22?,25-,26+,27-,28-,32+/m1/s1. The van der Waals surface area contributed by atoms with Gasteiger partial charge in [0.05, 0.1) is 37.1 Å². The number of nitrogens with zero attached hydrogens (tertiary/aromatic N) is 2. The molecule has 3 aliphatic rings. The van der Waals surface area contributed by atoms with Crippen LogP contribution >= 0.6 is 15.9 Å². The van der Waals surface area contributed by atoms with Gasteiger partial charge in [0.15, 0.2) is 0 Å². The Morgan fingerprint density at radius 3 is 2.65 bits per heavy atom. The van der Waals surface area contributed by atoms with E-state index in [2.05, 4.69) is 34.4 Å². The molecule has 3 heterocycles. The monoisotopic (exact) mass is 659 g/mol. The Bertz CT molecular complexity index is 1290. The van der Waals surface area contributed by atoms with Crippen molar-refractivity contribution < 1.29 is 33.8 Å². The van der Waals surface area contributed by atoms with Crippen LogP contribution in [0.4, 0.5) is 5.69 Å². The molecular weight excluding hydrogens is 618 g/mol. The number of carbonyl (C=O) groups is 4. The normalized spacial score (nSPS) is 28.7. The lowest BCUT2D eigenvalue weighted by Gasteiger charge is -2.39. The smallest absolute Gasteiger partial charge is 0.312 e. The number of allylic oxidation sites excluding steroid dienone is 1. The number of likely N-dealkylation sites (tertiary alicyclic amines) is 1. The first-order valence-corrected chi connectivity index (χ1v) is 15.7. The highest BCUT2D eigenvalue weighted by molar-refractivity contribution is 9.09. The summed E-state index contributed by atoms with van der Waals surface area (Å²) in [6, 6.07) is 4.02. The van der Waals surface area contributed by atoms with Gasteiger partial charge in [-0.15, -0.1) is 13.2 Å². The van der Waals surface area contributed by atoms with Crippen molar-refractivity contribution in [2.75, 3.05) is 24.6 Å². The molecule has 11 heteroatoms. The highest BCUT2D eigenvalue weighted by atomic mass is 79.9. The van der Waals surface area contributed by atoms with Crippen LogP contribution in [0.5, 0.6) is 0 Å². The number of benzene rings is 1. The lowest BCUT2D eigenvalue weighted by Crippen LogP contribution is -2.59. The number of halogens is 1. The minimum Gasteiger partial charge on any atom is -0.460 e. The summed E-state index contributed by atoms with van der Waals surface area (Å²) in [4.78, 5) is 57.2. The topological polar surface area (TPSA) is 125 Å². The van der Waals surface area contributed by atoms with Gasteiger partial charge in [-0.1, -0.05) is 40.2 Å². The third kappa shape index (κ3) is 6.04. The Labute approximate surface area is 261 Å². The maximum Gasteiger partial charge on any atom is 0.312 e. The van der Waals surface area contributed by atoms with Crippen molar-refractivity contribution >= 4 is 45.3 Å². The first-order valence-electron chi connectivity index (χ1n) is 14.7. The molecule has 8 atom stereocenters. The SMILES string of the molecule is C=CCCC(=O)NC[C@H](C)OC(=O)[C@H]1[C@@H]2O[C@@]3(CC2Br)[C@@H]1C(=O)N([C@H](C)CO)[C@@H]3C(=O)N(CC=C)c1cc(C)ccc1C. The summed E-state index contributed by atoms with van der Waals surface area (Å²) < 4.78 is 12.3. The summed E-state index contributed by atoms with van der Waals surface area (Å²) in [6.07, 6.45) is 3.09. The van der Waals surface area contributed by atoms with Crippen LogP contribution in [0.1, 0.15) is 44.2 Å². The van der Waals surface area contributed by atoms with E-state index in [0.717, 1.165) is 11.1 Å². The van der Waals surface area contributed by atoms with Crippen molar-refractivity contribution in [2.24, 2.45) is 11.8 Å². The van der Waals surface area contributed by atoms with Gasteiger partial charge in [-0.2, -0.15) is 0 Å². The van der Waals surface area contributed by atoms with E-state index in [1.807, 2.05) is 32.0 Å². The van der Waals surface area contributed by atoms with Crippen LogP contribution in [-0.4, -0.2) is 88.1 Å². The second-order valence-electron chi connectivity index (χ2n) is 11.8. The Morgan fingerprint density at radius 1 is 1.28 bits per heavy atom. The molecule has 0 radical (unpaired) electrons. The second kappa shape index (κ2) is 13.3. The van der Waals surface area contributed by atoms with Crippen molar-refractivity contribution in [3.63, 3.8) is 0 Å². The fourth-order valence-corrected chi connectivity index (χ4v) is 7.61. The molecule has 234 valence electrons. The van der Waals surface area contributed by atoms with Crippen LogP contribution < -0.4 is 10.2 Å². The number of aryl methyl sites for hydroxylation is 2. The van der Waals surface area contributed by atoms with Gasteiger partial charge in [0, 0.05) is 23.5 Å². The van der Waals surface area contributed by atoms with Gasteiger partial charge in [0.1, 0.15) is 17.7 Å². The Balaban J connectivity index is 1.67. The van der Waals surface area contributed by atoms with E-state index in [1.54, 1.807) is 30.9 Å². The minimum atomic E-state index is -1.31. The van der Waals surface area contributed by atoms with Crippen LogP contribution in [0, 0.1) is 25.7 Å². The van der Waals surface area contributed by atoms with E-state index < -0.39 is 53.6 Å². The number of aliphatic hydroxyl groups is 1. The third-order valence-electron chi connectivity index (χ3n) is 8.68. The van der Waals surface area contributed by atoms with Crippen molar-refractivity contribution in [3.8, 4) is 0 Å². The van der Waals surface area contributed by atoms with E-state index in [0.29, 0.717) is 18.5 Å². The molecule has 2 bridgehead atoms. The number of amides is 3. The number of hydrogen-bond acceptors (Lipinski definition) is 7. The summed E-state index contributed by atoms with van der Waals surface area (Å²) in [5.41, 5.74) is 1.23. The Morgan fingerprint density at radius 2 is 2.00 bits per heavy atom. The van der Waals surface area contributed by atoms with Crippen LogP contribution in [0.15, 0.2) is 43.5 Å². The van der Waals surface area contributed by atoms with E-state index in [-0.39, 0.29) is 42.8 Å². The van der Waals surface area contributed by atoms with Crippen molar-refractivity contribution in [3.05, 3.63) is 54.6 Å². The lowest BCUT2D eigenvalue weighted by molar-refractivity contribution is -0.159. The zero-order chi connectivity index (χ0) is 31.6. The first kappa shape index (κ1) is 32.9. The molecule has 1 aromatic carbocycles. The quantitative estimate of drug-likeness (QED) is 0.189. The average molecular weight is 661 g/mol. The molecule has 3 fully saturated rings. The molecule has 10 nitrogen and oxygen atoms in total. The lowest BCUT2D eigenvalue weighted by atomic mass is 9.70. The fraction of sp³-hybridized carbons (Fsp3) is 0.562. The fourth-order valence-electron chi connectivity index (χ4n) is 6.67. The minimum absolute atomic E-state index is 0.114. The van der Waals surface area contributed by atoms with Crippen LogP contribution in [-0.2, 0) is 28.7 Å². The van der Waals surface area contributed by atoms with Gasteiger partial charge in [0.2, 0.25) is 11.8 Å². The van der Waals surface area contributed by atoms with E-state index in [9.17, 15) is 24.3 Å². The molecular formula is C32H42BrN3O7. The highest BCUT2D eigenvalue weighted by Gasteiger charge is 2.77. The molecule has 3 amide bonds.